The molecular weight excluding hydrogens is 345 g/mol. The average molecular weight is 368 g/mol. The maximum atomic E-state index is 15.6. The van der Waals surface area contributed by atoms with Crippen molar-refractivity contribution < 1.29 is 18.7 Å². The second-order valence-corrected chi connectivity index (χ2v) is 8.10. The molecule has 2 atom stereocenters. The van der Waals surface area contributed by atoms with Gasteiger partial charge in [0.25, 0.3) is 0 Å². The molecule has 0 spiro atoms. The Morgan fingerprint density at radius 2 is 1.68 bits per heavy atom. The van der Waals surface area contributed by atoms with Crippen LogP contribution in [0.2, 0.25) is 0 Å². The maximum absolute atomic E-state index is 15.6. The van der Waals surface area contributed by atoms with Gasteiger partial charge in [0.1, 0.15) is 11.5 Å². The number of amides is 1. The Morgan fingerprint density at radius 3 is 2.12 bits per heavy atom. The van der Waals surface area contributed by atoms with E-state index in [0.717, 1.165) is 24.0 Å². The molecule has 0 radical (unpaired) electrons. The Morgan fingerprint density at radius 1 is 1.16 bits per heavy atom. The number of carbonyl (C=O) groups is 1. The van der Waals surface area contributed by atoms with E-state index < -0.39 is 11.2 Å². The average Bonchev–Trinajstić information content (AvgIpc) is 2.71. The standard InChI is InChI=1S/C19H23ClFNO3/c1-24-15-3-13-11-5-18(21)6-12(14(13)4-16(15)25-2)8-19(7-11,10-18)22-17(23)9-20/h3-4,11-12H,5-10H2,1-2H3,(H,22,23). The van der Waals surface area contributed by atoms with E-state index in [4.69, 9.17) is 21.1 Å². The Balaban J connectivity index is 1.81. The van der Waals surface area contributed by atoms with Crippen molar-refractivity contribution in [1.82, 2.24) is 5.32 Å². The quantitative estimate of drug-likeness (QED) is 0.826. The van der Waals surface area contributed by atoms with Crippen molar-refractivity contribution in [1.29, 1.82) is 0 Å². The number of halogens is 2. The van der Waals surface area contributed by atoms with Crippen LogP contribution >= 0.6 is 11.6 Å². The summed E-state index contributed by atoms with van der Waals surface area (Å²) in [4.78, 5) is 12.0. The molecule has 4 aliphatic carbocycles. The molecule has 2 saturated carbocycles. The Kier molecular flexibility index (Phi) is 3.91. The highest BCUT2D eigenvalue weighted by molar-refractivity contribution is 6.27. The number of rotatable bonds is 4. The van der Waals surface area contributed by atoms with Crippen LogP contribution in [0.3, 0.4) is 0 Å². The molecule has 2 fully saturated rings. The fraction of sp³-hybridized carbons (Fsp3) is 0.632. The third-order valence-corrected chi connectivity index (χ3v) is 6.39. The SMILES string of the molecule is COc1cc2c(cc1OC)C1CC3(F)CC2CC(NC(=O)CCl)(C1)C3. The molecule has 0 aromatic heterocycles. The molecular formula is C19H23ClFNO3. The van der Waals surface area contributed by atoms with Crippen LogP contribution in [0.25, 0.3) is 0 Å². The van der Waals surface area contributed by atoms with Crippen LogP contribution in [-0.4, -0.2) is 37.2 Å². The van der Waals surface area contributed by atoms with Gasteiger partial charge in [0, 0.05) is 12.0 Å². The summed E-state index contributed by atoms with van der Waals surface area (Å²) in [6, 6.07) is 4.00. The largest absolute Gasteiger partial charge is 0.493 e. The molecule has 6 heteroatoms. The lowest BCUT2D eigenvalue weighted by atomic mass is 9.61. The number of benzene rings is 1. The molecule has 4 aliphatic rings. The molecule has 1 amide bonds. The minimum atomic E-state index is -1.25. The minimum Gasteiger partial charge on any atom is -0.493 e. The Bertz CT molecular complexity index is 680. The first-order chi connectivity index (χ1) is 11.9. The van der Waals surface area contributed by atoms with Crippen LogP contribution in [0.1, 0.15) is 55.1 Å². The number of carbonyl (C=O) groups excluding carboxylic acids is 1. The first-order valence-electron chi connectivity index (χ1n) is 8.73. The predicted octanol–water partition coefficient (Wildman–Crippen LogP) is 3.66. The van der Waals surface area contributed by atoms with Crippen molar-refractivity contribution in [2.24, 2.45) is 0 Å². The molecule has 0 heterocycles. The van der Waals surface area contributed by atoms with Crippen LogP contribution in [-0.2, 0) is 4.79 Å². The summed E-state index contributed by atoms with van der Waals surface area (Å²) in [6.45, 7) is 0. The van der Waals surface area contributed by atoms with E-state index in [0.29, 0.717) is 30.8 Å². The second-order valence-electron chi connectivity index (χ2n) is 7.84. The van der Waals surface area contributed by atoms with Gasteiger partial charge in [-0.05, 0) is 60.8 Å². The summed E-state index contributed by atoms with van der Waals surface area (Å²) in [5.74, 6) is 1.17. The third-order valence-electron chi connectivity index (χ3n) is 6.15. The van der Waals surface area contributed by atoms with Crippen molar-refractivity contribution in [2.75, 3.05) is 20.1 Å². The second kappa shape index (κ2) is 5.76. The normalized spacial score (nSPS) is 35.0. The van der Waals surface area contributed by atoms with Gasteiger partial charge in [-0.3, -0.25) is 4.79 Å². The highest BCUT2D eigenvalue weighted by Gasteiger charge is 2.58. The van der Waals surface area contributed by atoms with Gasteiger partial charge in [-0.25, -0.2) is 4.39 Å². The van der Waals surface area contributed by atoms with Crippen LogP contribution in [0.4, 0.5) is 4.39 Å². The fourth-order valence-corrected chi connectivity index (χ4v) is 5.63. The highest BCUT2D eigenvalue weighted by atomic mass is 35.5. The van der Waals surface area contributed by atoms with E-state index in [-0.39, 0.29) is 23.6 Å². The Labute approximate surface area is 152 Å². The summed E-state index contributed by atoms with van der Waals surface area (Å²) in [5.41, 5.74) is 0.532. The maximum Gasteiger partial charge on any atom is 0.235 e. The van der Waals surface area contributed by atoms with Crippen molar-refractivity contribution in [3.05, 3.63) is 23.3 Å². The zero-order valence-electron chi connectivity index (χ0n) is 14.5. The van der Waals surface area contributed by atoms with E-state index in [1.165, 1.54) is 0 Å². The van der Waals surface area contributed by atoms with Gasteiger partial charge < -0.3 is 14.8 Å². The number of methoxy groups -OCH3 is 2. The lowest BCUT2D eigenvalue weighted by Gasteiger charge is -2.51. The van der Waals surface area contributed by atoms with E-state index in [9.17, 15) is 4.79 Å². The van der Waals surface area contributed by atoms with Gasteiger partial charge in [0.2, 0.25) is 5.91 Å². The van der Waals surface area contributed by atoms with Crippen LogP contribution < -0.4 is 14.8 Å². The summed E-state index contributed by atoms with van der Waals surface area (Å²) in [5, 5.41) is 3.06. The first-order valence-corrected chi connectivity index (χ1v) is 9.26. The third kappa shape index (κ3) is 2.67. The Hall–Kier alpha value is -1.49. The minimum absolute atomic E-state index is 0.0664. The van der Waals surface area contributed by atoms with E-state index in [2.05, 4.69) is 5.32 Å². The lowest BCUT2D eigenvalue weighted by molar-refractivity contribution is -0.123. The van der Waals surface area contributed by atoms with Gasteiger partial charge >= 0.3 is 0 Å². The van der Waals surface area contributed by atoms with Gasteiger partial charge in [-0.15, -0.1) is 11.6 Å². The van der Waals surface area contributed by atoms with E-state index in [1.807, 2.05) is 12.1 Å². The summed E-state index contributed by atoms with van der Waals surface area (Å²) >= 11 is 5.70. The molecule has 5 rings (SSSR count). The molecule has 0 saturated heterocycles. The zero-order valence-corrected chi connectivity index (χ0v) is 15.3. The monoisotopic (exact) mass is 367 g/mol. The van der Waals surface area contributed by atoms with Crippen molar-refractivity contribution in [2.45, 2.75) is 55.1 Å². The van der Waals surface area contributed by atoms with E-state index in [1.54, 1.807) is 14.2 Å². The molecule has 1 aromatic rings. The summed E-state index contributed by atoms with van der Waals surface area (Å²) in [7, 11) is 3.23. The van der Waals surface area contributed by atoms with Gasteiger partial charge in [0.05, 0.1) is 14.2 Å². The number of hydrogen-bond acceptors (Lipinski definition) is 3. The molecule has 25 heavy (non-hydrogen) atoms. The zero-order chi connectivity index (χ0) is 17.8. The summed E-state index contributed by atoms with van der Waals surface area (Å²) in [6.07, 6.45) is 2.90. The van der Waals surface area contributed by atoms with Crippen molar-refractivity contribution in [3.63, 3.8) is 0 Å². The van der Waals surface area contributed by atoms with Crippen molar-refractivity contribution >= 4 is 17.5 Å². The lowest BCUT2D eigenvalue weighted by Crippen LogP contribution is -2.59. The molecule has 4 nitrogen and oxygen atoms in total. The van der Waals surface area contributed by atoms with Crippen LogP contribution in [0, 0.1) is 0 Å². The van der Waals surface area contributed by atoms with E-state index >= 15 is 4.39 Å². The number of alkyl halides is 2. The van der Waals surface area contributed by atoms with Crippen molar-refractivity contribution in [3.8, 4) is 11.5 Å². The van der Waals surface area contributed by atoms with Gasteiger partial charge in [-0.1, -0.05) is 0 Å². The highest BCUT2D eigenvalue weighted by Crippen LogP contribution is 2.61. The predicted molar refractivity (Wildman–Crippen MR) is 93.5 cm³/mol. The number of ether oxygens (including phenoxy) is 2. The van der Waals surface area contributed by atoms with Gasteiger partial charge in [0.15, 0.2) is 11.5 Å². The first kappa shape index (κ1) is 17.0. The molecule has 2 unspecified atom stereocenters. The van der Waals surface area contributed by atoms with Crippen LogP contribution in [0.5, 0.6) is 11.5 Å². The summed E-state index contributed by atoms with van der Waals surface area (Å²) < 4.78 is 26.5. The number of hydrogen-bond donors (Lipinski definition) is 1. The molecule has 4 bridgehead atoms. The van der Waals surface area contributed by atoms with Crippen LogP contribution in [0.15, 0.2) is 12.1 Å². The molecule has 136 valence electrons. The topological polar surface area (TPSA) is 47.6 Å². The fourth-order valence-electron chi connectivity index (χ4n) is 5.57. The number of nitrogens with one attached hydrogen (secondary N) is 1. The molecule has 0 aliphatic heterocycles. The molecule has 1 N–H and O–H groups in total. The smallest absolute Gasteiger partial charge is 0.235 e. The van der Waals surface area contributed by atoms with Gasteiger partial charge in [-0.2, -0.15) is 0 Å². The molecule has 1 aromatic carbocycles.